The zero-order valence-electron chi connectivity index (χ0n) is 11.4. The van der Waals surface area contributed by atoms with Gasteiger partial charge < -0.3 is 10.1 Å². The Morgan fingerprint density at radius 3 is 2.90 bits per heavy atom. The Morgan fingerprint density at radius 1 is 1.45 bits per heavy atom. The highest BCUT2D eigenvalue weighted by Crippen LogP contribution is 2.38. The molecule has 1 N–H and O–H groups in total. The Balaban J connectivity index is 2.28. The second kappa shape index (κ2) is 6.95. The van der Waals surface area contributed by atoms with Gasteiger partial charge in [0.25, 0.3) is 0 Å². The Morgan fingerprint density at radius 2 is 2.25 bits per heavy atom. The number of nitrogens with zero attached hydrogens (tertiary/aromatic N) is 1. The summed E-state index contributed by atoms with van der Waals surface area (Å²) >= 11 is 9.60. The number of hydrogen-bond donors (Lipinski definition) is 1. The van der Waals surface area contributed by atoms with Crippen LogP contribution in [0.4, 0.5) is 5.69 Å². The van der Waals surface area contributed by atoms with Gasteiger partial charge in [-0.25, -0.2) is 0 Å². The zero-order valence-corrected chi connectivity index (χ0v) is 13.7. The molecule has 5 heteroatoms. The molecule has 0 saturated heterocycles. The molecule has 0 bridgehead atoms. The van der Waals surface area contributed by atoms with Crippen molar-refractivity contribution < 1.29 is 4.74 Å². The molecule has 106 valence electrons. The first kappa shape index (κ1) is 15.1. The summed E-state index contributed by atoms with van der Waals surface area (Å²) in [4.78, 5) is 4.13. The highest BCUT2D eigenvalue weighted by atomic mass is 79.9. The van der Waals surface area contributed by atoms with E-state index < -0.39 is 0 Å². The quantitative estimate of drug-likeness (QED) is 0.813. The van der Waals surface area contributed by atoms with E-state index in [0.29, 0.717) is 11.6 Å². The van der Waals surface area contributed by atoms with Crippen molar-refractivity contribution in [1.82, 2.24) is 4.98 Å². The molecule has 0 aliphatic carbocycles. The first-order valence-electron chi connectivity index (χ1n) is 6.40. The van der Waals surface area contributed by atoms with Crippen molar-refractivity contribution in [3.8, 4) is 5.75 Å². The monoisotopic (exact) mass is 354 g/mol. The molecule has 0 amide bonds. The molecule has 0 aliphatic heterocycles. The van der Waals surface area contributed by atoms with Crippen LogP contribution < -0.4 is 10.1 Å². The summed E-state index contributed by atoms with van der Waals surface area (Å²) in [7, 11) is 0. The summed E-state index contributed by atoms with van der Waals surface area (Å²) in [6, 6.07) is 7.75. The Hall–Kier alpha value is -1.26. The van der Waals surface area contributed by atoms with Crippen LogP contribution in [0.25, 0.3) is 0 Å². The van der Waals surface area contributed by atoms with E-state index in [4.69, 9.17) is 16.3 Å². The van der Waals surface area contributed by atoms with Gasteiger partial charge in [-0.3, -0.25) is 4.98 Å². The number of ether oxygens (including phenoxy) is 1. The summed E-state index contributed by atoms with van der Waals surface area (Å²) in [5.74, 6) is 0.771. The summed E-state index contributed by atoms with van der Waals surface area (Å²) < 4.78 is 6.52. The van der Waals surface area contributed by atoms with Gasteiger partial charge in [0.2, 0.25) is 0 Å². The van der Waals surface area contributed by atoms with E-state index in [1.54, 1.807) is 6.20 Å². The van der Waals surface area contributed by atoms with Crippen LogP contribution in [0.5, 0.6) is 5.75 Å². The van der Waals surface area contributed by atoms with Gasteiger partial charge in [0, 0.05) is 17.4 Å². The standard InChI is InChI=1S/C15H16BrClN2O/c1-3-20-15-13(16)7-12(17)8-14(15)19-10(2)11-5-4-6-18-9-11/h4-10,19H,3H2,1-2H3. The van der Waals surface area contributed by atoms with Crippen LogP contribution in [0.1, 0.15) is 25.5 Å². The van der Waals surface area contributed by atoms with Crippen LogP contribution in [-0.4, -0.2) is 11.6 Å². The predicted molar refractivity (Wildman–Crippen MR) is 86.6 cm³/mol. The highest BCUT2D eigenvalue weighted by Gasteiger charge is 2.13. The van der Waals surface area contributed by atoms with Crippen molar-refractivity contribution in [3.05, 3.63) is 51.7 Å². The Kier molecular flexibility index (Phi) is 5.26. The van der Waals surface area contributed by atoms with Crippen LogP contribution in [0.2, 0.25) is 5.02 Å². The van der Waals surface area contributed by atoms with Crippen LogP contribution >= 0.6 is 27.5 Å². The van der Waals surface area contributed by atoms with Gasteiger partial charge in [0.1, 0.15) is 0 Å². The van der Waals surface area contributed by atoms with Gasteiger partial charge >= 0.3 is 0 Å². The molecule has 3 nitrogen and oxygen atoms in total. The molecule has 1 aromatic carbocycles. The fourth-order valence-electron chi connectivity index (χ4n) is 1.91. The first-order chi connectivity index (χ1) is 9.61. The average Bonchev–Trinajstić information content (AvgIpc) is 2.43. The molecular formula is C15H16BrClN2O. The fourth-order valence-corrected chi connectivity index (χ4v) is 2.83. The third-order valence-corrected chi connectivity index (χ3v) is 3.66. The van der Waals surface area contributed by atoms with Crippen molar-refractivity contribution in [3.63, 3.8) is 0 Å². The molecule has 0 aliphatic rings. The van der Waals surface area contributed by atoms with E-state index in [1.807, 2.05) is 37.4 Å². The Bertz CT molecular complexity index is 578. The molecule has 0 fully saturated rings. The van der Waals surface area contributed by atoms with E-state index in [2.05, 4.69) is 33.2 Å². The minimum Gasteiger partial charge on any atom is -0.491 e. The molecule has 1 unspecified atom stereocenters. The molecular weight excluding hydrogens is 340 g/mol. The van der Waals surface area contributed by atoms with Gasteiger partial charge in [-0.1, -0.05) is 17.7 Å². The SMILES string of the molecule is CCOc1c(Br)cc(Cl)cc1NC(C)c1cccnc1. The second-order valence-electron chi connectivity index (χ2n) is 4.35. The van der Waals surface area contributed by atoms with Gasteiger partial charge in [-0.05, 0) is 53.5 Å². The first-order valence-corrected chi connectivity index (χ1v) is 7.57. The summed E-state index contributed by atoms with van der Waals surface area (Å²) in [5.41, 5.74) is 1.97. The molecule has 2 rings (SSSR count). The van der Waals surface area contributed by atoms with Gasteiger partial charge in [-0.2, -0.15) is 0 Å². The summed E-state index contributed by atoms with van der Waals surface area (Å²) in [6.07, 6.45) is 3.61. The average molecular weight is 356 g/mol. The third-order valence-electron chi connectivity index (χ3n) is 2.85. The van der Waals surface area contributed by atoms with Gasteiger partial charge in [-0.15, -0.1) is 0 Å². The zero-order chi connectivity index (χ0) is 14.5. The molecule has 0 spiro atoms. The lowest BCUT2D eigenvalue weighted by molar-refractivity contribution is 0.339. The van der Waals surface area contributed by atoms with Crippen molar-refractivity contribution in [2.45, 2.75) is 19.9 Å². The predicted octanol–water partition coefficient (Wildman–Crippen LogP) is 5.07. The Labute approximate surface area is 132 Å². The van der Waals surface area contributed by atoms with Crippen molar-refractivity contribution in [2.24, 2.45) is 0 Å². The number of hydrogen-bond acceptors (Lipinski definition) is 3. The van der Waals surface area contributed by atoms with Crippen LogP contribution in [0, 0.1) is 0 Å². The summed E-state index contributed by atoms with van der Waals surface area (Å²) in [6.45, 7) is 4.62. The normalized spacial score (nSPS) is 12.0. The van der Waals surface area contributed by atoms with Crippen molar-refractivity contribution in [2.75, 3.05) is 11.9 Å². The van der Waals surface area contributed by atoms with E-state index in [1.165, 1.54) is 0 Å². The number of rotatable bonds is 5. The molecule has 1 heterocycles. The van der Waals surface area contributed by atoms with Crippen molar-refractivity contribution >= 4 is 33.2 Å². The minimum atomic E-state index is 0.105. The molecule has 0 radical (unpaired) electrons. The molecule has 1 aromatic heterocycles. The van der Waals surface area contributed by atoms with E-state index in [-0.39, 0.29) is 6.04 Å². The number of benzene rings is 1. The second-order valence-corrected chi connectivity index (χ2v) is 5.64. The maximum Gasteiger partial charge on any atom is 0.156 e. The molecule has 20 heavy (non-hydrogen) atoms. The largest absolute Gasteiger partial charge is 0.491 e. The van der Waals surface area contributed by atoms with Crippen LogP contribution in [-0.2, 0) is 0 Å². The smallest absolute Gasteiger partial charge is 0.156 e. The number of nitrogens with one attached hydrogen (secondary N) is 1. The lowest BCUT2D eigenvalue weighted by atomic mass is 10.1. The minimum absolute atomic E-state index is 0.105. The van der Waals surface area contributed by atoms with Gasteiger partial charge in [0.15, 0.2) is 5.75 Å². The van der Waals surface area contributed by atoms with E-state index in [9.17, 15) is 0 Å². The van der Waals surface area contributed by atoms with Crippen molar-refractivity contribution in [1.29, 1.82) is 0 Å². The summed E-state index contributed by atoms with van der Waals surface area (Å²) in [5, 5.41) is 4.07. The lowest BCUT2D eigenvalue weighted by Crippen LogP contribution is -2.08. The lowest BCUT2D eigenvalue weighted by Gasteiger charge is -2.19. The highest BCUT2D eigenvalue weighted by molar-refractivity contribution is 9.10. The van der Waals surface area contributed by atoms with E-state index >= 15 is 0 Å². The van der Waals surface area contributed by atoms with Crippen LogP contribution in [0.15, 0.2) is 41.1 Å². The fraction of sp³-hybridized carbons (Fsp3) is 0.267. The maximum absolute atomic E-state index is 6.11. The third kappa shape index (κ3) is 3.64. The number of pyridine rings is 1. The molecule has 1 atom stereocenters. The van der Waals surface area contributed by atoms with E-state index in [0.717, 1.165) is 21.5 Å². The molecule has 2 aromatic rings. The number of halogens is 2. The topological polar surface area (TPSA) is 34.1 Å². The number of aromatic nitrogens is 1. The molecule has 0 saturated carbocycles. The van der Waals surface area contributed by atoms with Gasteiger partial charge in [0.05, 0.1) is 22.8 Å². The number of anilines is 1. The maximum atomic E-state index is 6.11. The van der Waals surface area contributed by atoms with Crippen LogP contribution in [0.3, 0.4) is 0 Å².